The first-order chi connectivity index (χ1) is 12.6. The molecule has 0 saturated carbocycles. The summed E-state index contributed by atoms with van der Waals surface area (Å²) in [6.45, 7) is 2.41. The Kier molecular flexibility index (Phi) is 5.32. The van der Waals surface area contributed by atoms with Gasteiger partial charge in [0, 0.05) is 19.2 Å². The Hall–Kier alpha value is -3.14. The molecule has 0 saturated heterocycles. The molecular formula is C22H22N2O2. The third kappa shape index (κ3) is 3.91. The highest BCUT2D eigenvalue weighted by Gasteiger charge is 2.16. The van der Waals surface area contributed by atoms with E-state index in [1.54, 1.807) is 19.1 Å². The van der Waals surface area contributed by atoms with Gasteiger partial charge in [-0.15, -0.1) is 0 Å². The summed E-state index contributed by atoms with van der Waals surface area (Å²) in [6, 6.07) is 21.4. The summed E-state index contributed by atoms with van der Waals surface area (Å²) in [4.78, 5) is 19.1. The second-order valence-corrected chi connectivity index (χ2v) is 6.20. The Morgan fingerprint density at radius 1 is 1.00 bits per heavy atom. The molecular weight excluding hydrogens is 324 g/mol. The van der Waals surface area contributed by atoms with Crippen molar-refractivity contribution in [2.24, 2.45) is 0 Å². The molecule has 0 unspecified atom stereocenters. The van der Waals surface area contributed by atoms with Crippen LogP contribution < -0.4 is 4.74 Å². The number of benzene rings is 2. The first-order valence-corrected chi connectivity index (χ1v) is 8.50. The number of ether oxygens (including phenoxy) is 1. The van der Waals surface area contributed by atoms with Crippen LogP contribution in [0.4, 0.5) is 0 Å². The van der Waals surface area contributed by atoms with Crippen LogP contribution in [0.15, 0.2) is 66.7 Å². The molecule has 1 amide bonds. The van der Waals surface area contributed by atoms with E-state index in [9.17, 15) is 4.79 Å². The number of methoxy groups -OCH3 is 1. The van der Waals surface area contributed by atoms with Crippen molar-refractivity contribution in [3.8, 4) is 17.0 Å². The number of hydrogen-bond donors (Lipinski definition) is 0. The molecule has 0 aliphatic heterocycles. The molecule has 1 heterocycles. The molecule has 0 aliphatic carbocycles. The molecule has 4 heteroatoms. The minimum atomic E-state index is -0.0366. The number of pyridine rings is 1. The van der Waals surface area contributed by atoms with E-state index in [4.69, 9.17) is 4.74 Å². The molecule has 3 rings (SSSR count). The lowest BCUT2D eigenvalue weighted by molar-refractivity contribution is 0.0784. The molecule has 0 radical (unpaired) electrons. The zero-order valence-electron chi connectivity index (χ0n) is 15.3. The summed E-state index contributed by atoms with van der Waals surface area (Å²) >= 11 is 0. The molecule has 1 aromatic heterocycles. The Labute approximate surface area is 154 Å². The highest BCUT2D eigenvalue weighted by molar-refractivity contribution is 5.95. The zero-order chi connectivity index (χ0) is 18.5. The third-order valence-electron chi connectivity index (χ3n) is 4.31. The fourth-order valence-corrected chi connectivity index (χ4v) is 2.84. The molecule has 0 aliphatic rings. The summed E-state index contributed by atoms with van der Waals surface area (Å²) in [5.74, 6) is 0.768. The molecule has 132 valence electrons. The van der Waals surface area contributed by atoms with Crippen molar-refractivity contribution < 1.29 is 9.53 Å². The predicted molar refractivity (Wildman–Crippen MR) is 103 cm³/mol. The van der Waals surface area contributed by atoms with E-state index in [1.807, 2.05) is 73.7 Å². The summed E-state index contributed by atoms with van der Waals surface area (Å²) < 4.78 is 5.17. The lowest BCUT2D eigenvalue weighted by Gasteiger charge is -2.19. The molecule has 0 spiro atoms. The van der Waals surface area contributed by atoms with Crippen molar-refractivity contribution in [2.45, 2.75) is 13.5 Å². The van der Waals surface area contributed by atoms with Crippen LogP contribution in [0.2, 0.25) is 0 Å². The molecule has 3 aromatic rings. The Morgan fingerprint density at radius 3 is 2.31 bits per heavy atom. The van der Waals surface area contributed by atoms with Crippen LogP contribution in [0.3, 0.4) is 0 Å². The van der Waals surface area contributed by atoms with Crippen LogP contribution >= 0.6 is 0 Å². The summed E-state index contributed by atoms with van der Waals surface area (Å²) in [6.07, 6.45) is 0. The van der Waals surface area contributed by atoms with Crippen molar-refractivity contribution >= 4 is 5.91 Å². The number of aryl methyl sites for hydroxylation is 1. The maximum absolute atomic E-state index is 12.8. The highest BCUT2D eigenvalue weighted by atomic mass is 16.5. The van der Waals surface area contributed by atoms with E-state index in [2.05, 4.69) is 4.98 Å². The van der Waals surface area contributed by atoms with Crippen molar-refractivity contribution in [2.75, 3.05) is 14.2 Å². The average molecular weight is 346 g/mol. The number of amides is 1. The van der Waals surface area contributed by atoms with Gasteiger partial charge in [0.15, 0.2) is 0 Å². The number of carbonyl (C=O) groups is 1. The number of carbonyl (C=O) groups excluding carboxylic acids is 1. The van der Waals surface area contributed by atoms with Crippen LogP contribution in [0, 0.1) is 6.92 Å². The van der Waals surface area contributed by atoms with E-state index in [0.717, 1.165) is 28.3 Å². The largest absolute Gasteiger partial charge is 0.497 e. The SMILES string of the molecule is COc1ccc(CN(C)C(=O)c2ccc(-c3ccccc3)nc2C)cc1. The maximum atomic E-state index is 12.8. The van der Waals surface area contributed by atoms with Crippen molar-refractivity contribution in [3.63, 3.8) is 0 Å². The van der Waals surface area contributed by atoms with Crippen molar-refractivity contribution in [1.29, 1.82) is 0 Å². The first-order valence-electron chi connectivity index (χ1n) is 8.50. The van der Waals surface area contributed by atoms with E-state index < -0.39 is 0 Å². The minimum Gasteiger partial charge on any atom is -0.497 e. The van der Waals surface area contributed by atoms with Crippen LogP contribution in [0.25, 0.3) is 11.3 Å². The monoisotopic (exact) mass is 346 g/mol. The van der Waals surface area contributed by atoms with Gasteiger partial charge < -0.3 is 9.64 Å². The molecule has 4 nitrogen and oxygen atoms in total. The van der Waals surface area contributed by atoms with Gasteiger partial charge in [0.25, 0.3) is 5.91 Å². The lowest BCUT2D eigenvalue weighted by atomic mass is 10.1. The van der Waals surface area contributed by atoms with Gasteiger partial charge in [0.2, 0.25) is 0 Å². The standard InChI is InChI=1S/C22H22N2O2/c1-16-20(13-14-21(23-16)18-7-5-4-6-8-18)22(25)24(2)15-17-9-11-19(26-3)12-10-17/h4-14H,15H2,1-3H3. The fraction of sp³-hybridized carbons (Fsp3) is 0.182. The minimum absolute atomic E-state index is 0.0366. The number of hydrogen-bond acceptors (Lipinski definition) is 3. The van der Waals surface area contributed by atoms with E-state index in [-0.39, 0.29) is 5.91 Å². The molecule has 0 bridgehead atoms. The van der Waals surface area contributed by atoms with Gasteiger partial charge in [-0.2, -0.15) is 0 Å². The van der Waals surface area contributed by atoms with E-state index in [0.29, 0.717) is 12.1 Å². The van der Waals surface area contributed by atoms with Crippen molar-refractivity contribution in [3.05, 3.63) is 83.6 Å². The molecule has 0 N–H and O–H groups in total. The third-order valence-corrected chi connectivity index (χ3v) is 4.31. The van der Waals surface area contributed by atoms with Gasteiger partial charge in [-0.25, -0.2) is 0 Å². The normalized spacial score (nSPS) is 10.4. The average Bonchev–Trinajstić information content (AvgIpc) is 2.68. The summed E-state index contributed by atoms with van der Waals surface area (Å²) in [5, 5.41) is 0. The number of rotatable bonds is 5. The summed E-state index contributed by atoms with van der Waals surface area (Å²) in [7, 11) is 3.44. The van der Waals surface area contributed by atoms with Crippen LogP contribution in [-0.2, 0) is 6.54 Å². The quantitative estimate of drug-likeness (QED) is 0.690. The van der Waals surface area contributed by atoms with Gasteiger partial charge >= 0.3 is 0 Å². The van der Waals surface area contributed by atoms with E-state index in [1.165, 1.54) is 0 Å². The zero-order valence-corrected chi connectivity index (χ0v) is 15.3. The second kappa shape index (κ2) is 7.83. The Balaban J connectivity index is 1.76. The second-order valence-electron chi connectivity index (χ2n) is 6.20. The van der Waals surface area contributed by atoms with Crippen LogP contribution in [-0.4, -0.2) is 29.9 Å². The summed E-state index contributed by atoms with van der Waals surface area (Å²) in [5.41, 5.74) is 4.32. The Morgan fingerprint density at radius 2 is 1.69 bits per heavy atom. The number of nitrogens with zero attached hydrogens (tertiary/aromatic N) is 2. The smallest absolute Gasteiger partial charge is 0.255 e. The topological polar surface area (TPSA) is 42.4 Å². The molecule has 26 heavy (non-hydrogen) atoms. The van der Waals surface area contributed by atoms with Crippen LogP contribution in [0.1, 0.15) is 21.6 Å². The molecule has 0 atom stereocenters. The highest BCUT2D eigenvalue weighted by Crippen LogP contribution is 2.20. The Bertz CT molecular complexity index is 890. The molecule has 0 fully saturated rings. The molecule has 2 aromatic carbocycles. The number of aromatic nitrogens is 1. The predicted octanol–water partition coefficient (Wildman–Crippen LogP) is 4.34. The van der Waals surface area contributed by atoms with Crippen molar-refractivity contribution in [1.82, 2.24) is 9.88 Å². The maximum Gasteiger partial charge on any atom is 0.255 e. The first kappa shape index (κ1) is 17.7. The van der Waals surface area contributed by atoms with Gasteiger partial charge in [-0.05, 0) is 36.8 Å². The van der Waals surface area contributed by atoms with E-state index >= 15 is 0 Å². The van der Waals surface area contributed by atoms with Crippen LogP contribution in [0.5, 0.6) is 5.75 Å². The fourth-order valence-electron chi connectivity index (χ4n) is 2.84. The van der Waals surface area contributed by atoms with Gasteiger partial charge in [0.1, 0.15) is 5.75 Å². The van der Waals surface area contributed by atoms with Gasteiger partial charge in [-0.1, -0.05) is 42.5 Å². The van der Waals surface area contributed by atoms with Gasteiger partial charge in [0.05, 0.1) is 24.1 Å². The van der Waals surface area contributed by atoms with Gasteiger partial charge in [-0.3, -0.25) is 9.78 Å². The lowest BCUT2D eigenvalue weighted by Crippen LogP contribution is -2.27.